The van der Waals surface area contributed by atoms with E-state index in [1.54, 1.807) is 30.3 Å². The molecule has 0 spiro atoms. The Morgan fingerprint density at radius 3 is 2.35 bits per heavy atom. The van der Waals surface area contributed by atoms with E-state index >= 15 is 0 Å². The summed E-state index contributed by atoms with van der Waals surface area (Å²) < 4.78 is 36.9. The normalized spacial score (nSPS) is 15.4. The molecule has 2 aromatic rings. The van der Waals surface area contributed by atoms with Gasteiger partial charge in [0.25, 0.3) is 0 Å². The Balaban J connectivity index is 2.11. The number of halogens is 1. The Bertz CT molecular complexity index is 1060. The third-order valence-electron chi connectivity index (χ3n) is 4.42. The fourth-order valence-corrected chi connectivity index (χ4v) is 3.76. The molecule has 3 rings (SSSR count). The molecule has 2 aromatic carbocycles. The van der Waals surface area contributed by atoms with Crippen LogP contribution in [0.1, 0.15) is 30.0 Å². The van der Waals surface area contributed by atoms with Crippen molar-refractivity contribution in [2.45, 2.75) is 18.2 Å². The van der Waals surface area contributed by atoms with Gasteiger partial charge in [-0.15, -0.1) is 0 Å². The fourth-order valence-electron chi connectivity index (χ4n) is 3.13. The summed E-state index contributed by atoms with van der Waals surface area (Å²) in [7, 11) is -3.26. The predicted molar refractivity (Wildman–Crippen MR) is 100 cm³/mol. The third-order valence-corrected chi connectivity index (χ3v) is 5.55. The number of nitrogens with two attached hydrogens (primary N) is 1. The number of hydrogen-bond acceptors (Lipinski definition) is 3. The van der Waals surface area contributed by atoms with Crippen molar-refractivity contribution in [1.82, 2.24) is 0 Å². The van der Waals surface area contributed by atoms with Crippen LogP contribution in [0.2, 0.25) is 0 Å². The number of fused-ring (bicyclic) bond motifs is 1. The molecule has 0 unspecified atom stereocenters. The minimum atomic E-state index is -3.26. The molecule has 0 aliphatic heterocycles. The molecule has 0 bridgehead atoms. The molecule has 0 saturated carbocycles. The van der Waals surface area contributed by atoms with Crippen LogP contribution in [0, 0.1) is 5.82 Å². The molecule has 6 heteroatoms. The van der Waals surface area contributed by atoms with Crippen LogP contribution in [0.3, 0.4) is 0 Å². The van der Waals surface area contributed by atoms with Gasteiger partial charge in [0.05, 0.1) is 11.3 Å². The number of benzene rings is 2. The topological polar surface area (TPSA) is 77.2 Å². The first-order valence-corrected chi connectivity index (χ1v) is 9.86. The van der Waals surface area contributed by atoms with Gasteiger partial charge in [-0.05, 0) is 70.7 Å². The molecule has 0 aromatic heterocycles. The maximum Gasteiger partial charge on any atom is 0.221 e. The van der Waals surface area contributed by atoms with Gasteiger partial charge in [0, 0.05) is 6.26 Å². The van der Waals surface area contributed by atoms with Crippen LogP contribution in [0.15, 0.2) is 52.9 Å². The molecule has 0 saturated heterocycles. The molecule has 1 amide bonds. The number of allylic oxidation sites excluding steroid dienone is 2. The van der Waals surface area contributed by atoms with Crippen molar-refractivity contribution in [3.8, 4) is 0 Å². The van der Waals surface area contributed by atoms with Gasteiger partial charge >= 0.3 is 0 Å². The number of carbonyl (C=O) groups excluding carboxylic acids is 1. The highest BCUT2D eigenvalue weighted by Crippen LogP contribution is 2.43. The Morgan fingerprint density at radius 2 is 1.77 bits per heavy atom. The van der Waals surface area contributed by atoms with E-state index in [9.17, 15) is 17.6 Å². The Morgan fingerprint density at radius 1 is 1.12 bits per heavy atom. The Kier molecular flexibility index (Phi) is 4.54. The van der Waals surface area contributed by atoms with Crippen molar-refractivity contribution in [3.05, 3.63) is 70.5 Å². The molecule has 0 radical (unpaired) electrons. The summed E-state index contributed by atoms with van der Waals surface area (Å²) >= 11 is 0. The maximum atomic E-state index is 13.7. The van der Waals surface area contributed by atoms with Crippen LogP contribution >= 0.6 is 0 Å². The number of carbonyl (C=O) groups is 1. The summed E-state index contributed by atoms with van der Waals surface area (Å²) in [6.07, 6.45) is 3.09. The summed E-state index contributed by atoms with van der Waals surface area (Å²) in [5.74, 6) is -0.856. The summed E-state index contributed by atoms with van der Waals surface area (Å²) in [5, 5.41) is 0. The van der Waals surface area contributed by atoms with Crippen LogP contribution in [0.5, 0.6) is 0 Å². The lowest BCUT2D eigenvalue weighted by atomic mass is 10.0. The molecule has 1 aliphatic carbocycles. The van der Waals surface area contributed by atoms with Crippen molar-refractivity contribution in [3.63, 3.8) is 0 Å². The first kappa shape index (κ1) is 18.1. The summed E-state index contributed by atoms with van der Waals surface area (Å²) in [4.78, 5) is 11.7. The smallest absolute Gasteiger partial charge is 0.221 e. The summed E-state index contributed by atoms with van der Waals surface area (Å²) in [5.41, 5.74) is 10.1. The largest absolute Gasteiger partial charge is 0.369 e. The number of amides is 1. The van der Waals surface area contributed by atoms with Gasteiger partial charge in [-0.25, -0.2) is 12.8 Å². The lowest BCUT2D eigenvalue weighted by Gasteiger charge is -2.05. The molecular formula is C20H18FNO3S. The fraction of sp³-hybridized carbons (Fsp3) is 0.150. The van der Waals surface area contributed by atoms with E-state index in [1.807, 2.05) is 13.0 Å². The van der Waals surface area contributed by atoms with E-state index in [0.717, 1.165) is 28.5 Å². The van der Waals surface area contributed by atoms with E-state index in [1.165, 1.54) is 12.1 Å². The van der Waals surface area contributed by atoms with Crippen molar-refractivity contribution < 1.29 is 17.6 Å². The quantitative estimate of drug-likeness (QED) is 0.894. The Labute approximate surface area is 151 Å². The zero-order valence-electron chi connectivity index (χ0n) is 14.4. The molecule has 134 valence electrons. The summed E-state index contributed by atoms with van der Waals surface area (Å²) in [6.45, 7) is 1.87. The molecule has 1 aliphatic rings. The van der Waals surface area contributed by atoms with E-state index in [4.69, 9.17) is 5.73 Å². The first-order valence-electron chi connectivity index (χ1n) is 7.97. The van der Waals surface area contributed by atoms with Gasteiger partial charge in [0.2, 0.25) is 5.91 Å². The monoisotopic (exact) mass is 371 g/mol. The van der Waals surface area contributed by atoms with Gasteiger partial charge in [0.15, 0.2) is 9.84 Å². The van der Waals surface area contributed by atoms with Crippen molar-refractivity contribution in [2.75, 3.05) is 6.26 Å². The van der Waals surface area contributed by atoms with Crippen LogP contribution < -0.4 is 5.73 Å². The number of primary amides is 1. The SMILES string of the molecule is CC1=C(CC(N)=O)c2cc(F)ccc2C1=Cc1ccc(S(C)(=O)=O)cc1. The van der Waals surface area contributed by atoms with Crippen LogP contribution in [0.4, 0.5) is 4.39 Å². The highest BCUT2D eigenvalue weighted by atomic mass is 32.2. The first-order chi connectivity index (χ1) is 12.2. The van der Waals surface area contributed by atoms with Crippen LogP contribution in [0.25, 0.3) is 17.2 Å². The zero-order chi connectivity index (χ0) is 19.1. The molecule has 2 N–H and O–H groups in total. The van der Waals surface area contributed by atoms with Gasteiger partial charge in [-0.2, -0.15) is 0 Å². The van der Waals surface area contributed by atoms with Crippen LogP contribution in [-0.2, 0) is 14.6 Å². The highest BCUT2D eigenvalue weighted by molar-refractivity contribution is 7.90. The minimum absolute atomic E-state index is 0.0344. The van der Waals surface area contributed by atoms with Gasteiger partial charge in [0.1, 0.15) is 5.82 Å². The molecule has 0 heterocycles. The number of hydrogen-bond donors (Lipinski definition) is 1. The standard InChI is InChI=1S/C20H18FNO3S/c1-12-17(9-13-3-6-15(7-4-13)26(2,24)25)16-8-5-14(21)10-19(16)18(12)11-20(22)23/h3-10H,11H2,1-2H3,(H2,22,23). The molecule has 4 nitrogen and oxygen atoms in total. The Hall–Kier alpha value is -2.73. The third kappa shape index (κ3) is 3.46. The molecular weight excluding hydrogens is 353 g/mol. The lowest BCUT2D eigenvalue weighted by molar-refractivity contribution is -0.117. The predicted octanol–water partition coefficient (Wildman–Crippen LogP) is 3.43. The number of rotatable bonds is 4. The van der Waals surface area contributed by atoms with Gasteiger partial charge in [-0.1, -0.05) is 18.2 Å². The van der Waals surface area contributed by atoms with Crippen molar-refractivity contribution >= 4 is 33.0 Å². The number of sulfone groups is 1. The van der Waals surface area contributed by atoms with E-state index in [2.05, 4.69) is 0 Å². The molecule has 26 heavy (non-hydrogen) atoms. The molecule has 0 atom stereocenters. The van der Waals surface area contributed by atoms with Crippen molar-refractivity contribution in [2.24, 2.45) is 5.73 Å². The zero-order valence-corrected chi connectivity index (χ0v) is 15.2. The average molecular weight is 371 g/mol. The second kappa shape index (κ2) is 6.53. The van der Waals surface area contributed by atoms with Crippen molar-refractivity contribution in [1.29, 1.82) is 0 Å². The average Bonchev–Trinajstić information content (AvgIpc) is 2.79. The van der Waals surface area contributed by atoms with E-state index in [0.29, 0.717) is 11.1 Å². The summed E-state index contributed by atoms with van der Waals surface area (Å²) in [6, 6.07) is 11.0. The minimum Gasteiger partial charge on any atom is -0.369 e. The molecule has 0 fully saturated rings. The van der Waals surface area contributed by atoms with Gasteiger partial charge in [-0.3, -0.25) is 4.79 Å². The van der Waals surface area contributed by atoms with Crippen LogP contribution in [-0.4, -0.2) is 20.6 Å². The van der Waals surface area contributed by atoms with E-state index < -0.39 is 15.7 Å². The van der Waals surface area contributed by atoms with E-state index in [-0.39, 0.29) is 17.1 Å². The lowest BCUT2D eigenvalue weighted by Crippen LogP contribution is -2.10. The highest BCUT2D eigenvalue weighted by Gasteiger charge is 2.25. The second-order valence-electron chi connectivity index (χ2n) is 6.34. The second-order valence-corrected chi connectivity index (χ2v) is 8.35. The van der Waals surface area contributed by atoms with Gasteiger partial charge < -0.3 is 5.73 Å². The maximum absolute atomic E-state index is 13.7.